The van der Waals surface area contributed by atoms with Gasteiger partial charge >= 0.3 is 0 Å². The molecule has 0 aromatic rings. The smallest absolute Gasteiger partial charge is 0.273 e. The Kier molecular flexibility index (Phi) is 8.15. The minimum absolute atomic E-state index is 0.0215. The van der Waals surface area contributed by atoms with Gasteiger partial charge in [0, 0.05) is 6.54 Å². The molecule has 6 nitrogen and oxygen atoms in total. The number of rotatable bonds is 12. The Bertz CT molecular complexity index is 322. The van der Waals surface area contributed by atoms with Crippen molar-refractivity contribution < 1.29 is 19.3 Å². The van der Waals surface area contributed by atoms with Crippen molar-refractivity contribution in [2.24, 2.45) is 10.8 Å². The summed E-state index contributed by atoms with van der Waals surface area (Å²) in [5.41, 5.74) is -0.255. The second-order valence-electron chi connectivity index (χ2n) is 5.98. The normalized spacial score (nSPS) is 19.5. The number of ether oxygens (including phenoxy) is 3. The van der Waals surface area contributed by atoms with Crippen molar-refractivity contribution in [1.29, 1.82) is 0 Å². The first kappa shape index (κ1) is 18.3. The Labute approximate surface area is 127 Å². The van der Waals surface area contributed by atoms with Crippen LogP contribution in [0.25, 0.3) is 4.85 Å². The predicted octanol–water partition coefficient (Wildman–Crippen LogP) is 0.607. The van der Waals surface area contributed by atoms with Crippen molar-refractivity contribution in [1.82, 2.24) is 5.32 Å². The number of hydrogen-bond donors (Lipinski definition) is 2. The highest BCUT2D eigenvalue weighted by molar-refractivity contribution is 4.88. The van der Waals surface area contributed by atoms with Gasteiger partial charge in [-0.2, -0.15) is 0 Å². The molecule has 1 aliphatic heterocycles. The number of nitrogens with one attached hydrogen (secondary N) is 1. The lowest BCUT2D eigenvalue weighted by Crippen LogP contribution is -2.52. The minimum Gasteiger partial charge on any atom is -0.395 e. The van der Waals surface area contributed by atoms with Gasteiger partial charge in [-0.3, -0.25) is 0 Å². The average molecular weight is 301 g/mol. The van der Waals surface area contributed by atoms with Crippen LogP contribution >= 0.6 is 0 Å². The first-order valence-corrected chi connectivity index (χ1v) is 7.51. The lowest BCUT2D eigenvalue weighted by molar-refractivity contribution is -0.149. The lowest BCUT2D eigenvalue weighted by atomic mass is 9.87. The summed E-state index contributed by atoms with van der Waals surface area (Å²) in [4.78, 5) is 3.64. The van der Waals surface area contributed by atoms with E-state index in [-0.39, 0.29) is 17.4 Å². The fourth-order valence-corrected chi connectivity index (χ4v) is 2.36. The van der Waals surface area contributed by atoms with Gasteiger partial charge < -0.3 is 24.6 Å². The third-order valence-electron chi connectivity index (χ3n) is 4.07. The van der Waals surface area contributed by atoms with Crippen LogP contribution in [-0.2, 0) is 14.2 Å². The van der Waals surface area contributed by atoms with Crippen molar-refractivity contribution >= 4 is 0 Å². The maximum absolute atomic E-state index is 9.47. The molecule has 6 heteroatoms. The van der Waals surface area contributed by atoms with Crippen LogP contribution < -0.4 is 5.32 Å². The van der Waals surface area contributed by atoms with Gasteiger partial charge in [0.25, 0.3) is 13.1 Å². The minimum atomic E-state index is -0.371. The van der Waals surface area contributed by atoms with Crippen molar-refractivity contribution in [3.8, 4) is 6.57 Å². The summed E-state index contributed by atoms with van der Waals surface area (Å²) in [5.74, 6) is 0. The maximum atomic E-state index is 9.47. The second kappa shape index (κ2) is 9.34. The molecule has 0 amide bonds. The summed E-state index contributed by atoms with van der Waals surface area (Å²) in [6, 6.07) is 0. The molecule has 0 radical (unpaired) electrons. The van der Waals surface area contributed by atoms with Crippen molar-refractivity contribution in [3.05, 3.63) is 4.85 Å². The van der Waals surface area contributed by atoms with E-state index in [1.165, 1.54) is 0 Å². The number of nitrogens with zero attached hydrogens (tertiary/aromatic N) is 1. The van der Waals surface area contributed by atoms with E-state index in [4.69, 9.17) is 20.8 Å². The Balaban J connectivity index is 2.15. The number of aliphatic hydroxyl groups is 1. The Hall–Kier alpha value is -0.710. The van der Waals surface area contributed by atoms with Gasteiger partial charge in [-0.05, 0) is 13.5 Å². The summed E-state index contributed by atoms with van der Waals surface area (Å²) in [6.45, 7) is 12.2. The summed E-state index contributed by atoms with van der Waals surface area (Å²) in [5, 5.41) is 12.6. The standard InChI is InChI=1S/C15H29N2O4/c1-4-14(9-18,7-16-2)10-19-5-6-20-11-15(8-17-3)12-21-13-15/h2,17-18H,4-13H2,1,3H3/q+1. The Morgan fingerprint density at radius 1 is 1.38 bits per heavy atom. The zero-order valence-electron chi connectivity index (χ0n) is 13.3. The van der Waals surface area contributed by atoms with Gasteiger partial charge in [0.2, 0.25) is 0 Å². The summed E-state index contributed by atoms with van der Waals surface area (Å²) < 4.78 is 16.6. The van der Waals surface area contributed by atoms with Crippen LogP contribution in [0.15, 0.2) is 0 Å². The Morgan fingerprint density at radius 2 is 2.10 bits per heavy atom. The van der Waals surface area contributed by atoms with E-state index in [0.717, 1.165) is 26.2 Å². The molecule has 1 atom stereocenters. The van der Waals surface area contributed by atoms with Crippen LogP contribution in [0.3, 0.4) is 0 Å². The molecule has 2 N–H and O–H groups in total. The third kappa shape index (κ3) is 5.53. The third-order valence-corrected chi connectivity index (χ3v) is 4.07. The molecule has 0 aromatic carbocycles. The molecule has 0 bridgehead atoms. The van der Waals surface area contributed by atoms with Crippen LogP contribution in [0.4, 0.5) is 0 Å². The van der Waals surface area contributed by atoms with Gasteiger partial charge in [-0.1, -0.05) is 11.8 Å². The van der Waals surface area contributed by atoms with Gasteiger partial charge in [0.1, 0.15) is 0 Å². The summed E-state index contributed by atoms with van der Waals surface area (Å²) >= 11 is 0. The van der Waals surface area contributed by atoms with Crippen LogP contribution in [0.1, 0.15) is 13.3 Å². The largest absolute Gasteiger partial charge is 0.395 e. The maximum Gasteiger partial charge on any atom is 0.273 e. The van der Waals surface area contributed by atoms with Crippen molar-refractivity contribution in [3.63, 3.8) is 0 Å². The fraction of sp³-hybridized carbons (Fsp3) is 0.933. The summed E-state index contributed by atoms with van der Waals surface area (Å²) in [6.07, 6.45) is 0.772. The van der Waals surface area contributed by atoms with Gasteiger partial charge in [-0.15, -0.1) is 0 Å². The molecular weight excluding hydrogens is 272 g/mol. The van der Waals surface area contributed by atoms with Crippen LogP contribution in [0, 0.1) is 17.4 Å². The zero-order chi connectivity index (χ0) is 15.6. The van der Waals surface area contributed by atoms with Gasteiger partial charge in [0.15, 0.2) is 0 Å². The summed E-state index contributed by atoms with van der Waals surface area (Å²) in [7, 11) is 1.94. The number of hydrogen-bond acceptors (Lipinski definition) is 5. The van der Waals surface area contributed by atoms with E-state index < -0.39 is 0 Å². The highest BCUT2D eigenvalue weighted by Crippen LogP contribution is 2.27. The average Bonchev–Trinajstić information content (AvgIpc) is 2.46. The molecule has 122 valence electrons. The molecule has 1 unspecified atom stereocenters. The monoisotopic (exact) mass is 301 g/mol. The predicted molar refractivity (Wildman–Crippen MR) is 81.8 cm³/mol. The molecule has 1 aliphatic rings. The lowest BCUT2D eigenvalue weighted by Gasteiger charge is -2.41. The van der Waals surface area contributed by atoms with E-state index in [1.807, 2.05) is 14.0 Å². The molecule has 1 rings (SSSR count). The quantitative estimate of drug-likeness (QED) is 0.517. The van der Waals surface area contributed by atoms with Crippen LogP contribution in [0.2, 0.25) is 0 Å². The molecule has 0 aromatic heterocycles. The molecular formula is C15H29N2O4+. The molecule has 1 saturated heterocycles. The van der Waals surface area contributed by atoms with Crippen LogP contribution in [0.5, 0.6) is 0 Å². The van der Waals surface area contributed by atoms with Crippen molar-refractivity contribution in [2.75, 3.05) is 66.4 Å². The SMILES string of the molecule is C#[N+]CC(CC)(CO)COCCOCC1(CNC)COC1. The van der Waals surface area contributed by atoms with Gasteiger partial charge in [0.05, 0.1) is 57.1 Å². The first-order chi connectivity index (χ1) is 10.2. The first-order valence-electron chi connectivity index (χ1n) is 7.51. The number of aliphatic hydroxyl groups excluding tert-OH is 1. The second-order valence-corrected chi connectivity index (χ2v) is 5.98. The van der Waals surface area contributed by atoms with E-state index in [2.05, 4.69) is 10.2 Å². The van der Waals surface area contributed by atoms with Crippen molar-refractivity contribution in [2.45, 2.75) is 13.3 Å². The highest BCUT2D eigenvalue weighted by Gasteiger charge is 2.38. The molecule has 1 heterocycles. The van der Waals surface area contributed by atoms with Crippen LogP contribution in [-0.4, -0.2) is 71.5 Å². The molecule has 0 aliphatic carbocycles. The van der Waals surface area contributed by atoms with E-state index in [0.29, 0.717) is 33.0 Å². The fourth-order valence-electron chi connectivity index (χ4n) is 2.36. The zero-order valence-corrected chi connectivity index (χ0v) is 13.3. The van der Waals surface area contributed by atoms with Gasteiger partial charge in [-0.25, -0.2) is 0 Å². The molecule has 21 heavy (non-hydrogen) atoms. The highest BCUT2D eigenvalue weighted by atomic mass is 16.5. The topological polar surface area (TPSA) is 64.3 Å². The van der Waals surface area contributed by atoms with E-state index in [1.54, 1.807) is 0 Å². The molecule has 0 spiro atoms. The van der Waals surface area contributed by atoms with E-state index >= 15 is 0 Å². The molecule has 0 saturated carbocycles. The van der Waals surface area contributed by atoms with E-state index in [9.17, 15) is 5.11 Å². The molecule has 1 fully saturated rings. The Morgan fingerprint density at radius 3 is 2.57 bits per heavy atom.